The molecule has 0 spiro atoms. The number of anilines is 1. The quantitative estimate of drug-likeness (QED) is 0.581. The highest BCUT2D eigenvalue weighted by Gasteiger charge is 2.23. The minimum absolute atomic E-state index is 0.0355. The van der Waals surface area contributed by atoms with Gasteiger partial charge in [-0.3, -0.25) is 9.59 Å². The monoisotopic (exact) mass is 412 g/mol. The smallest absolute Gasteiger partial charge is 0.324 e. The lowest BCUT2D eigenvalue weighted by Gasteiger charge is -2.14. The number of fused-ring (bicyclic) bond motifs is 1. The number of rotatable bonds is 7. The molecule has 0 radical (unpaired) electrons. The Balaban J connectivity index is 1.56. The van der Waals surface area contributed by atoms with Gasteiger partial charge in [0.25, 0.3) is 5.91 Å². The number of amides is 1. The lowest BCUT2D eigenvalue weighted by Crippen LogP contribution is -2.40. The summed E-state index contributed by atoms with van der Waals surface area (Å²) in [6, 6.07) is 19.6. The molecule has 0 aliphatic rings. The molecular weight excluding hydrogens is 392 g/mol. The van der Waals surface area contributed by atoms with Gasteiger partial charge < -0.3 is 10.1 Å². The van der Waals surface area contributed by atoms with Gasteiger partial charge in [0.1, 0.15) is 6.04 Å². The molecule has 0 bridgehead atoms. The van der Waals surface area contributed by atoms with Crippen LogP contribution in [-0.2, 0) is 24.3 Å². The summed E-state index contributed by atoms with van der Waals surface area (Å²) in [4.78, 5) is 24.3. The zero-order chi connectivity index (χ0) is 20.9. The van der Waals surface area contributed by atoms with Crippen LogP contribution >= 0.6 is 0 Å². The van der Waals surface area contributed by atoms with Gasteiger partial charge in [0.05, 0.1) is 4.90 Å². The van der Waals surface area contributed by atoms with Crippen molar-refractivity contribution in [2.75, 3.05) is 11.9 Å². The van der Waals surface area contributed by atoms with Gasteiger partial charge in [-0.15, -0.1) is 0 Å². The van der Waals surface area contributed by atoms with E-state index in [1.165, 1.54) is 19.1 Å². The average molecular weight is 412 g/mol. The molecule has 7 nitrogen and oxygen atoms in total. The van der Waals surface area contributed by atoms with Crippen LogP contribution in [0.5, 0.6) is 0 Å². The number of sulfonamides is 1. The second-order valence-corrected chi connectivity index (χ2v) is 8.05. The van der Waals surface area contributed by atoms with E-state index in [0.29, 0.717) is 5.69 Å². The van der Waals surface area contributed by atoms with Gasteiger partial charge in [0.15, 0.2) is 6.61 Å². The Morgan fingerprint density at radius 3 is 2.34 bits per heavy atom. The van der Waals surface area contributed by atoms with E-state index >= 15 is 0 Å². The van der Waals surface area contributed by atoms with Crippen LogP contribution in [0.1, 0.15) is 6.92 Å². The highest BCUT2D eigenvalue weighted by molar-refractivity contribution is 7.89. The van der Waals surface area contributed by atoms with Crippen molar-refractivity contribution in [3.63, 3.8) is 0 Å². The van der Waals surface area contributed by atoms with E-state index in [1.807, 2.05) is 36.4 Å². The molecule has 3 aromatic carbocycles. The zero-order valence-electron chi connectivity index (χ0n) is 15.7. The summed E-state index contributed by atoms with van der Waals surface area (Å²) in [6.45, 7) is 0.824. The highest BCUT2D eigenvalue weighted by atomic mass is 32.2. The molecule has 0 aliphatic carbocycles. The van der Waals surface area contributed by atoms with Crippen LogP contribution in [0, 0.1) is 0 Å². The van der Waals surface area contributed by atoms with Crippen molar-refractivity contribution in [2.24, 2.45) is 0 Å². The Bertz CT molecular complexity index is 1120. The summed E-state index contributed by atoms with van der Waals surface area (Å²) >= 11 is 0. The van der Waals surface area contributed by atoms with Crippen molar-refractivity contribution < 1.29 is 22.7 Å². The van der Waals surface area contributed by atoms with E-state index in [-0.39, 0.29) is 4.90 Å². The molecule has 3 rings (SSSR count). The van der Waals surface area contributed by atoms with E-state index in [9.17, 15) is 18.0 Å². The fraction of sp³-hybridized carbons (Fsp3) is 0.143. The maximum absolute atomic E-state index is 12.3. The predicted octanol–water partition coefficient (Wildman–Crippen LogP) is 2.69. The number of benzene rings is 3. The molecule has 2 N–H and O–H groups in total. The summed E-state index contributed by atoms with van der Waals surface area (Å²) in [6.07, 6.45) is 0. The second kappa shape index (κ2) is 8.85. The predicted molar refractivity (Wildman–Crippen MR) is 110 cm³/mol. The molecule has 0 aliphatic heterocycles. The van der Waals surface area contributed by atoms with E-state index in [4.69, 9.17) is 4.74 Å². The number of ether oxygens (including phenoxy) is 1. The standard InChI is InChI=1S/C21H20N2O5S/c1-15(23-29(26,27)17-10-3-2-4-11-17)21(25)28-14-20(24)22-19-13-7-9-16-8-5-6-12-18(16)19/h2-13,15,23H,14H2,1H3,(H,22,24). The molecular formula is C21H20N2O5S. The van der Waals surface area contributed by atoms with Gasteiger partial charge in [-0.2, -0.15) is 4.72 Å². The van der Waals surface area contributed by atoms with Crippen LogP contribution < -0.4 is 10.0 Å². The third kappa shape index (κ3) is 5.18. The Hall–Kier alpha value is -3.23. The molecule has 1 unspecified atom stereocenters. The van der Waals surface area contributed by atoms with Gasteiger partial charge in [0, 0.05) is 11.1 Å². The van der Waals surface area contributed by atoms with Gasteiger partial charge >= 0.3 is 5.97 Å². The zero-order valence-corrected chi connectivity index (χ0v) is 16.5. The maximum atomic E-state index is 12.3. The van der Waals surface area contributed by atoms with Gasteiger partial charge in [-0.1, -0.05) is 54.6 Å². The first-order valence-electron chi connectivity index (χ1n) is 8.88. The summed E-state index contributed by atoms with van der Waals surface area (Å²) in [5.41, 5.74) is 0.599. The lowest BCUT2D eigenvalue weighted by molar-refractivity contribution is -0.148. The van der Waals surface area contributed by atoms with E-state index in [1.54, 1.807) is 24.3 Å². The van der Waals surface area contributed by atoms with Gasteiger partial charge in [-0.05, 0) is 30.5 Å². The molecule has 0 saturated heterocycles. The van der Waals surface area contributed by atoms with Crippen molar-refractivity contribution in [2.45, 2.75) is 17.9 Å². The minimum Gasteiger partial charge on any atom is -0.454 e. The normalized spacial score (nSPS) is 12.3. The summed E-state index contributed by atoms with van der Waals surface area (Å²) in [5, 5.41) is 4.52. The van der Waals surface area contributed by atoms with Crippen LogP contribution in [0.2, 0.25) is 0 Å². The fourth-order valence-corrected chi connectivity index (χ4v) is 3.94. The molecule has 8 heteroatoms. The maximum Gasteiger partial charge on any atom is 0.324 e. The third-order valence-corrected chi connectivity index (χ3v) is 5.70. The van der Waals surface area contributed by atoms with Crippen molar-refractivity contribution in [3.05, 3.63) is 72.8 Å². The first kappa shape index (κ1) is 20.5. The first-order chi connectivity index (χ1) is 13.9. The van der Waals surface area contributed by atoms with Crippen LogP contribution in [0.4, 0.5) is 5.69 Å². The van der Waals surface area contributed by atoms with E-state index in [2.05, 4.69) is 10.0 Å². The van der Waals surface area contributed by atoms with Crippen LogP contribution in [0.3, 0.4) is 0 Å². The number of hydrogen-bond acceptors (Lipinski definition) is 5. The molecule has 3 aromatic rings. The van der Waals surface area contributed by atoms with Gasteiger partial charge in [-0.25, -0.2) is 8.42 Å². The molecule has 1 atom stereocenters. The fourth-order valence-electron chi connectivity index (χ4n) is 2.73. The van der Waals surface area contributed by atoms with Gasteiger partial charge in [0.2, 0.25) is 10.0 Å². The summed E-state index contributed by atoms with van der Waals surface area (Å²) in [5.74, 6) is -1.37. The first-order valence-corrected chi connectivity index (χ1v) is 10.4. The Morgan fingerprint density at radius 2 is 1.59 bits per heavy atom. The van der Waals surface area contributed by atoms with E-state index < -0.39 is 34.5 Å². The van der Waals surface area contributed by atoms with Crippen molar-refractivity contribution in [1.29, 1.82) is 0 Å². The molecule has 0 aromatic heterocycles. The molecule has 0 heterocycles. The number of carbonyl (C=O) groups excluding carboxylic acids is 2. The summed E-state index contributed by atoms with van der Waals surface area (Å²) in [7, 11) is -3.87. The molecule has 0 fully saturated rings. The third-order valence-electron chi connectivity index (χ3n) is 4.15. The molecule has 150 valence electrons. The van der Waals surface area contributed by atoms with E-state index in [0.717, 1.165) is 10.8 Å². The number of esters is 1. The molecule has 0 saturated carbocycles. The number of nitrogens with one attached hydrogen (secondary N) is 2. The second-order valence-electron chi connectivity index (χ2n) is 6.34. The topological polar surface area (TPSA) is 102 Å². The summed E-state index contributed by atoms with van der Waals surface area (Å²) < 4.78 is 31.7. The minimum atomic E-state index is -3.87. The lowest BCUT2D eigenvalue weighted by atomic mass is 10.1. The largest absolute Gasteiger partial charge is 0.454 e. The molecule has 29 heavy (non-hydrogen) atoms. The number of hydrogen-bond donors (Lipinski definition) is 2. The number of carbonyl (C=O) groups is 2. The van der Waals surface area contributed by atoms with Crippen molar-refractivity contribution in [3.8, 4) is 0 Å². The Labute approximate surface area is 168 Å². The molecule has 1 amide bonds. The van der Waals surface area contributed by atoms with Crippen LogP contribution in [0.15, 0.2) is 77.7 Å². The Morgan fingerprint density at radius 1 is 0.931 bits per heavy atom. The van der Waals surface area contributed by atoms with Crippen molar-refractivity contribution in [1.82, 2.24) is 4.72 Å². The average Bonchev–Trinajstić information content (AvgIpc) is 2.72. The SMILES string of the molecule is CC(NS(=O)(=O)c1ccccc1)C(=O)OCC(=O)Nc1cccc2ccccc12. The van der Waals surface area contributed by atoms with Crippen LogP contribution in [-0.4, -0.2) is 32.9 Å². The van der Waals surface area contributed by atoms with Crippen LogP contribution in [0.25, 0.3) is 10.8 Å². The Kier molecular flexibility index (Phi) is 6.26. The van der Waals surface area contributed by atoms with Crippen molar-refractivity contribution >= 4 is 38.4 Å². The highest BCUT2D eigenvalue weighted by Crippen LogP contribution is 2.22.